The fraction of sp³-hybridized carbons (Fsp3) is 0.268. The Morgan fingerprint density at radius 1 is 0.560 bits per heavy atom. The van der Waals surface area contributed by atoms with Crippen LogP contribution in [0.3, 0.4) is 0 Å². The number of rotatable bonds is 13. The molecule has 1 aliphatic heterocycles. The maximum Gasteiger partial charge on any atom is 0.243 e. The fourth-order valence-electron chi connectivity index (χ4n) is 6.61. The van der Waals surface area contributed by atoms with Crippen LogP contribution in [0, 0.1) is 5.92 Å². The van der Waals surface area contributed by atoms with Crippen LogP contribution >= 0.6 is 0 Å². The minimum absolute atomic E-state index is 0.157. The van der Waals surface area contributed by atoms with Gasteiger partial charge in [-0.2, -0.15) is 0 Å². The molecular weight excluding hydrogens is 626 g/mol. The van der Waals surface area contributed by atoms with Crippen LogP contribution in [0.5, 0.6) is 0 Å². The van der Waals surface area contributed by atoms with Gasteiger partial charge < -0.3 is 27.0 Å². The van der Waals surface area contributed by atoms with Gasteiger partial charge in [-0.1, -0.05) is 115 Å². The SMILES string of the molecule is NC(=O)C(Cc1ccccc1)NC(=O)C(Cc1ccc2ccccc2c1)NC(=O)[C@@H](Cc1ccc2ccccc2c1)NC(=O)C1CCNCC1. The molecule has 0 spiro atoms. The van der Waals surface area contributed by atoms with Gasteiger partial charge in [-0.15, -0.1) is 0 Å². The summed E-state index contributed by atoms with van der Waals surface area (Å²) in [6, 6.07) is 34.0. The topological polar surface area (TPSA) is 142 Å². The normalized spacial score (nSPS) is 15.1. The maximum atomic E-state index is 14.2. The number of nitrogens with two attached hydrogens (primary N) is 1. The number of nitrogens with one attached hydrogen (secondary N) is 4. The molecule has 5 aromatic carbocycles. The third-order valence-electron chi connectivity index (χ3n) is 9.43. The Kier molecular flexibility index (Phi) is 11.1. The van der Waals surface area contributed by atoms with Gasteiger partial charge >= 0.3 is 0 Å². The van der Waals surface area contributed by atoms with Gasteiger partial charge in [-0.05, 0) is 64.2 Å². The molecule has 0 aromatic heterocycles. The van der Waals surface area contributed by atoms with Gasteiger partial charge in [0, 0.05) is 25.2 Å². The van der Waals surface area contributed by atoms with Crippen LogP contribution in [0.2, 0.25) is 0 Å². The molecule has 3 atom stereocenters. The largest absolute Gasteiger partial charge is 0.368 e. The lowest BCUT2D eigenvalue weighted by molar-refractivity contribution is -0.134. The van der Waals surface area contributed by atoms with Crippen molar-refractivity contribution in [2.75, 3.05) is 13.1 Å². The van der Waals surface area contributed by atoms with Crippen molar-refractivity contribution in [2.45, 2.75) is 50.2 Å². The minimum atomic E-state index is -1.06. The molecule has 5 aromatic rings. The van der Waals surface area contributed by atoms with E-state index < -0.39 is 35.8 Å². The number of piperidine rings is 1. The number of hydrogen-bond acceptors (Lipinski definition) is 5. The maximum absolute atomic E-state index is 14.2. The molecule has 1 heterocycles. The number of amides is 4. The zero-order chi connectivity index (χ0) is 34.9. The third-order valence-corrected chi connectivity index (χ3v) is 9.43. The highest BCUT2D eigenvalue weighted by molar-refractivity contribution is 5.95. The van der Waals surface area contributed by atoms with E-state index in [-0.39, 0.29) is 31.1 Å². The van der Waals surface area contributed by atoms with Crippen molar-refractivity contribution in [1.82, 2.24) is 21.3 Å². The lowest BCUT2D eigenvalue weighted by Gasteiger charge is -2.27. The molecule has 0 bridgehead atoms. The molecule has 0 radical (unpaired) electrons. The summed E-state index contributed by atoms with van der Waals surface area (Å²) in [7, 11) is 0. The Hall–Kier alpha value is -5.54. The molecule has 1 aliphatic rings. The van der Waals surface area contributed by atoms with E-state index in [1.54, 1.807) is 0 Å². The molecule has 0 aliphatic carbocycles. The van der Waals surface area contributed by atoms with Crippen LogP contribution in [0.1, 0.15) is 29.5 Å². The quantitative estimate of drug-likeness (QED) is 0.129. The number of primary amides is 1. The van der Waals surface area contributed by atoms with Crippen LogP contribution < -0.4 is 27.0 Å². The van der Waals surface area contributed by atoms with Crippen LogP contribution in [0.4, 0.5) is 0 Å². The highest BCUT2D eigenvalue weighted by atomic mass is 16.2. The first-order chi connectivity index (χ1) is 24.3. The Morgan fingerprint density at radius 3 is 1.56 bits per heavy atom. The minimum Gasteiger partial charge on any atom is -0.368 e. The Balaban J connectivity index is 1.27. The first-order valence-corrected chi connectivity index (χ1v) is 17.2. The summed E-state index contributed by atoms with van der Waals surface area (Å²) in [6.07, 6.45) is 1.95. The predicted molar refractivity (Wildman–Crippen MR) is 196 cm³/mol. The average molecular weight is 670 g/mol. The summed E-state index contributed by atoms with van der Waals surface area (Å²) in [5.74, 6) is -2.10. The summed E-state index contributed by atoms with van der Waals surface area (Å²) in [6.45, 7) is 1.47. The zero-order valence-corrected chi connectivity index (χ0v) is 27.9. The van der Waals surface area contributed by atoms with Gasteiger partial charge in [0.25, 0.3) is 0 Å². The summed E-state index contributed by atoms with van der Waals surface area (Å²) >= 11 is 0. The zero-order valence-electron chi connectivity index (χ0n) is 27.9. The highest BCUT2D eigenvalue weighted by Crippen LogP contribution is 2.20. The van der Waals surface area contributed by atoms with Crippen LogP contribution in [0.25, 0.3) is 21.5 Å². The van der Waals surface area contributed by atoms with Crippen molar-refractivity contribution in [3.8, 4) is 0 Å². The van der Waals surface area contributed by atoms with E-state index >= 15 is 0 Å². The van der Waals surface area contributed by atoms with E-state index in [9.17, 15) is 19.2 Å². The molecule has 1 saturated heterocycles. The number of benzene rings is 5. The third kappa shape index (κ3) is 8.92. The van der Waals surface area contributed by atoms with E-state index in [0.29, 0.717) is 12.8 Å². The molecular formula is C41H43N5O4. The second-order valence-corrected chi connectivity index (χ2v) is 13.1. The Bertz CT molecular complexity index is 1970. The molecule has 0 saturated carbocycles. The number of fused-ring (bicyclic) bond motifs is 2. The van der Waals surface area contributed by atoms with Crippen molar-refractivity contribution in [2.24, 2.45) is 11.7 Å². The van der Waals surface area contributed by atoms with Crippen LogP contribution in [0.15, 0.2) is 115 Å². The average Bonchev–Trinajstić information content (AvgIpc) is 3.14. The van der Waals surface area contributed by atoms with Crippen molar-refractivity contribution in [3.05, 3.63) is 132 Å². The first kappa shape index (κ1) is 34.3. The van der Waals surface area contributed by atoms with Gasteiger partial charge in [-0.3, -0.25) is 19.2 Å². The first-order valence-electron chi connectivity index (χ1n) is 17.2. The van der Waals surface area contributed by atoms with E-state index in [4.69, 9.17) is 5.73 Å². The van der Waals surface area contributed by atoms with Crippen molar-refractivity contribution < 1.29 is 19.2 Å². The van der Waals surface area contributed by atoms with Gasteiger partial charge in [0.15, 0.2) is 0 Å². The highest BCUT2D eigenvalue weighted by Gasteiger charge is 2.31. The van der Waals surface area contributed by atoms with Crippen LogP contribution in [-0.4, -0.2) is 54.8 Å². The monoisotopic (exact) mass is 669 g/mol. The second kappa shape index (κ2) is 16.2. The standard InChI is InChI=1S/C41H43N5O4/c42-38(47)35(24-27-8-2-1-3-9-27)44-40(49)37(26-29-15-17-31-11-5-7-13-34(31)23-29)46-41(50)36(45-39(48)32-18-20-43-21-19-32)25-28-14-16-30-10-4-6-12-33(30)22-28/h1-17,22-23,32,35-37,43H,18-21,24-26H2,(H2,42,47)(H,44,49)(H,45,48)(H,46,50)/t35?,36-,37?/m1/s1. The summed E-state index contributed by atoms with van der Waals surface area (Å²) in [5.41, 5.74) is 8.29. The van der Waals surface area contributed by atoms with E-state index in [0.717, 1.165) is 51.3 Å². The molecule has 50 heavy (non-hydrogen) atoms. The number of carbonyl (C=O) groups is 4. The van der Waals surface area contributed by atoms with Crippen LogP contribution in [-0.2, 0) is 38.4 Å². The van der Waals surface area contributed by atoms with E-state index in [2.05, 4.69) is 21.3 Å². The van der Waals surface area contributed by atoms with E-state index in [1.807, 2.05) is 115 Å². The smallest absolute Gasteiger partial charge is 0.243 e. The van der Waals surface area contributed by atoms with Crippen molar-refractivity contribution in [3.63, 3.8) is 0 Å². The number of hydrogen-bond donors (Lipinski definition) is 5. The van der Waals surface area contributed by atoms with Crippen molar-refractivity contribution >= 4 is 45.2 Å². The van der Waals surface area contributed by atoms with Gasteiger partial charge in [0.2, 0.25) is 23.6 Å². The summed E-state index contributed by atoms with van der Waals surface area (Å²) in [5, 5.41) is 16.2. The number of carbonyl (C=O) groups excluding carboxylic acids is 4. The molecule has 6 rings (SSSR count). The van der Waals surface area contributed by atoms with Crippen molar-refractivity contribution in [1.29, 1.82) is 0 Å². The molecule has 4 amide bonds. The molecule has 9 heteroatoms. The van der Waals surface area contributed by atoms with Gasteiger partial charge in [0.05, 0.1) is 0 Å². The van der Waals surface area contributed by atoms with E-state index in [1.165, 1.54) is 0 Å². The summed E-state index contributed by atoms with van der Waals surface area (Å²) < 4.78 is 0. The Morgan fingerprint density at radius 2 is 1.02 bits per heavy atom. The molecule has 6 N–H and O–H groups in total. The summed E-state index contributed by atoms with van der Waals surface area (Å²) in [4.78, 5) is 54.3. The molecule has 9 nitrogen and oxygen atoms in total. The molecule has 256 valence electrons. The molecule has 2 unspecified atom stereocenters. The molecule has 1 fully saturated rings. The lowest BCUT2D eigenvalue weighted by atomic mass is 9.95. The second-order valence-electron chi connectivity index (χ2n) is 13.1. The van der Waals surface area contributed by atoms with Gasteiger partial charge in [0.1, 0.15) is 18.1 Å². The predicted octanol–water partition coefficient (Wildman–Crippen LogP) is 3.96. The lowest BCUT2D eigenvalue weighted by Crippen LogP contribution is -2.58. The fourth-order valence-corrected chi connectivity index (χ4v) is 6.61. The Labute approximate surface area is 292 Å². The van der Waals surface area contributed by atoms with Gasteiger partial charge in [-0.25, -0.2) is 0 Å².